The first-order valence-electron chi connectivity index (χ1n) is 40.3. The molecule has 0 amide bonds. The fraction of sp³-hybridized carbons (Fsp3) is 0.961. The van der Waals surface area contributed by atoms with Crippen LogP contribution in [-0.2, 0) is 61.2 Å². The lowest BCUT2D eigenvalue weighted by molar-refractivity contribution is -0.360. The Labute approximate surface area is 606 Å². The number of aliphatic hydroxyl groups excluding tert-OH is 10. The number of aliphatic hydroxyl groups is 10. The van der Waals surface area contributed by atoms with Crippen molar-refractivity contribution >= 4 is 25.7 Å². The molecular weight excluding hydrogens is 1330 g/mol. The number of phosphoric acid groups is 1. The van der Waals surface area contributed by atoms with E-state index in [-0.39, 0.29) is 19.3 Å². The highest BCUT2D eigenvalue weighted by Crippen LogP contribution is 2.49. The van der Waals surface area contributed by atoms with Gasteiger partial charge in [-0.1, -0.05) is 297 Å². The van der Waals surface area contributed by atoms with Gasteiger partial charge in [-0.2, -0.15) is 0 Å². The second kappa shape index (κ2) is 58.0. The molecule has 18 unspecified atom stereocenters. The van der Waals surface area contributed by atoms with Crippen molar-refractivity contribution in [3.8, 4) is 0 Å². The van der Waals surface area contributed by atoms with Crippen molar-refractivity contribution in [1.82, 2.24) is 0 Å². The number of ether oxygens (including phenoxy) is 7. The Morgan fingerprint density at radius 2 is 0.634 bits per heavy atom. The quantitative estimate of drug-likeness (QED) is 0.0117. The van der Waals surface area contributed by atoms with Crippen LogP contribution in [0.3, 0.4) is 0 Å². The lowest BCUT2D eigenvalue weighted by Gasteiger charge is -2.49. The molecule has 0 spiro atoms. The smallest absolute Gasteiger partial charge is 0.463 e. The molecule has 0 radical (unpaired) electrons. The van der Waals surface area contributed by atoms with Crippen molar-refractivity contribution in [3.63, 3.8) is 0 Å². The van der Waals surface area contributed by atoms with E-state index in [1.54, 1.807) is 0 Å². The molecule has 1 aliphatic carbocycles. The van der Waals surface area contributed by atoms with Crippen LogP contribution in [0.2, 0.25) is 0 Å². The van der Waals surface area contributed by atoms with Gasteiger partial charge in [-0.25, -0.2) is 4.57 Å². The van der Waals surface area contributed by atoms with E-state index in [1.165, 1.54) is 186 Å². The summed E-state index contributed by atoms with van der Waals surface area (Å²) in [6.07, 6.45) is 17.2. The van der Waals surface area contributed by atoms with Gasteiger partial charge in [0.15, 0.2) is 18.7 Å². The highest BCUT2D eigenvalue weighted by molar-refractivity contribution is 7.47. The van der Waals surface area contributed by atoms with Crippen LogP contribution in [0, 0.1) is 0 Å². The second-order valence-electron chi connectivity index (χ2n) is 29.2. The Bertz CT molecular complexity index is 2080. The van der Waals surface area contributed by atoms with Crippen LogP contribution in [0.1, 0.15) is 335 Å². The number of unbranched alkanes of at least 4 members (excludes halogenated alkanes) is 43. The van der Waals surface area contributed by atoms with E-state index >= 15 is 0 Å². The third kappa shape index (κ3) is 40.7. The zero-order valence-corrected chi connectivity index (χ0v) is 63.4. The third-order valence-corrected chi connectivity index (χ3v) is 21.1. The molecule has 3 fully saturated rings. The first-order valence-corrected chi connectivity index (χ1v) is 41.8. The normalized spacial score (nSPS) is 27.1. The highest BCUT2D eigenvalue weighted by Gasteiger charge is 2.58. The molecule has 25 heteroatoms. The van der Waals surface area contributed by atoms with Gasteiger partial charge in [0, 0.05) is 19.3 Å². The molecule has 2 saturated heterocycles. The topological polar surface area (TPSA) is 374 Å². The SMILES string of the molecule is CCCCCCCCCCCCCCCCCCCC(=O)OCC(COP(=O)(O)OC1C(OC2OC(CO)C(O)C(O)C2O)C(O)C(O)C(O)C1OC1OC(COC(=O)CCCCCCCCCCCCCCCCCCC)C(O)C(O)C1O)OC(=O)CCCCCCCCCCCCCC. The van der Waals surface area contributed by atoms with Crippen molar-refractivity contribution in [1.29, 1.82) is 0 Å². The van der Waals surface area contributed by atoms with Crippen LogP contribution in [0.15, 0.2) is 0 Å². The largest absolute Gasteiger partial charge is 0.472 e. The maximum absolute atomic E-state index is 14.4. The molecule has 18 atom stereocenters. The van der Waals surface area contributed by atoms with E-state index < -0.39 is 156 Å². The molecule has 101 heavy (non-hydrogen) atoms. The first kappa shape index (κ1) is 93.2. The van der Waals surface area contributed by atoms with E-state index in [2.05, 4.69) is 20.8 Å². The van der Waals surface area contributed by atoms with Crippen LogP contribution in [-0.4, -0.2) is 204 Å². The van der Waals surface area contributed by atoms with E-state index in [0.717, 1.165) is 89.9 Å². The first-order chi connectivity index (χ1) is 48.8. The van der Waals surface area contributed by atoms with Crippen LogP contribution >= 0.6 is 7.82 Å². The summed E-state index contributed by atoms with van der Waals surface area (Å²) in [5.41, 5.74) is 0. The monoisotopic (exact) mass is 1470 g/mol. The predicted octanol–water partition coefficient (Wildman–Crippen LogP) is 12.1. The van der Waals surface area contributed by atoms with E-state index in [1.807, 2.05) is 0 Å². The Morgan fingerprint density at radius 3 is 0.970 bits per heavy atom. The molecule has 1 saturated carbocycles. The van der Waals surface area contributed by atoms with Crippen molar-refractivity contribution in [2.45, 2.75) is 440 Å². The average Bonchev–Trinajstić information content (AvgIpc) is 0.762. The van der Waals surface area contributed by atoms with Gasteiger partial charge in [0.25, 0.3) is 0 Å². The molecule has 11 N–H and O–H groups in total. The van der Waals surface area contributed by atoms with Gasteiger partial charge in [-0.15, -0.1) is 0 Å². The number of esters is 3. The van der Waals surface area contributed by atoms with Gasteiger partial charge in [0.2, 0.25) is 0 Å². The number of rotatable bonds is 64. The lowest BCUT2D eigenvalue weighted by Crippen LogP contribution is -2.69. The lowest BCUT2D eigenvalue weighted by atomic mass is 9.84. The Hall–Kier alpha value is -2.04. The predicted molar refractivity (Wildman–Crippen MR) is 384 cm³/mol. The molecule has 0 aromatic heterocycles. The Kier molecular flexibility index (Phi) is 53.5. The highest BCUT2D eigenvalue weighted by atomic mass is 31.2. The van der Waals surface area contributed by atoms with E-state index in [9.17, 15) is 74.9 Å². The minimum Gasteiger partial charge on any atom is -0.463 e. The van der Waals surface area contributed by atoms with Crippen LogP contribution in [0.4, 0.5) is 0 Å². The molecule has 2 heterocycles. The number of hydrogen-bond acceptors (Lipinski definition) is 23. The maximum Gasteiger partial charge on any atom is 0.472 e. The third-order valence-electron chi connectivity index (χ3n) is 20.1. The average molecular weight is 1470 g/mol. The zero-order valence-electron chi connectivity index (χ0n) is 62.5. The van der Waals surface area contributed by atoms with Crippen LogP contribution < -0.4 is 0 Å². The fourth-order valence-electron chi connectivity index (χ4n) is 13.6. The van der Waals surface area contributed by atoms with E-state index in [0.29, 0.717) is 19.3 Å². The van der Waals surface area contributed by atoms with Gasteiger partial charge in [-0.3, -0.25) is 23.4 Å². The molecule has 3 rings (SSSR count). The molecule has 596 valence electrons. The number of carbonyl (C=O) groups excluding carboxylic acids is 3. The maximum atomic E-state index is 14.4. The minimum atomic E-state index is -5.69. The summed E-state index contributed by atoms with van der Waals surface area (Å²) in [7, 11) is -5.69. The van der Waals surface area contributed by atoms with Crippen molar-refractivity contribution in [3.05, 3.63) is 0 Å². The summed E-state index contributed by atoms with van der Waals surface area (Å²) in [6.45, 7) is 3.50. The van der Waals surface area contributed by atoms with Crippen LogP contribution in [0.5, 0.6) is 0 Å². The van der Waals surface area contributed by atoms with Gasteiger partial charge < -0.3 is 89.1 Å². The van der Waals surface area contributed by atoms with Crippen molar-refractivity contribution in [2.24, 2.45) is 0 Å². The van der Waals surface area contributed by atoms with Gasteiger partial charge >= 0.3 is 25.7 Å². The fourth-order valence-corrected chi connectivity index (χ4v) is 14.5. The minimum absolute atomic E-state index is 0.0334. The number of hydrogen-bond donors (Lipinski definition) is 11. The van der Waals surface area contributed by atoms with Crippen molar-refractivity contribution in [2.75, 3.05) is 26.4 Å². The van der Waals surface area contributed by atoms with Gasteiger partial charge in [-0.05, 0) is 19.3 Å². The Balaban J connectivity index is 1.69. The summed E-state index contributed by atoms with van der Waals surface area (Å²) < 4.78 is 65.2. The van der Waals surface area contributed by atoms with Gasteiger partial charge in [0.05, 0.1) is 13.2 Å². The summed E-state index contributed by atoms with van der Waals surface area (Å²) >= 11 is 0. The molecular formula is C76H143O24P. The zero-order chi connectivity index (χ0) is 73.9. The molecule has 0 aromatic rings. The molecule has 24 nitrogen and oxygen atoms in total. The standard InChI is InChI=1S/C76H143O24P/c1-4-7-10-13-16-19-22-25-27-29-31-33-36-38-41-44-47-50-60(78)92-54-57(95-62(80)52-49-46-43-40-35-24-21-18-15-12-9-6-3)55-94-101(90,91)100-74-72(98-75-70(88)65(83)63(81)58(53-77)96-75)68(86)67(85)69(87)73(74)99-76-71(89)66(84)64(82)59(97-76)56-93-61(79)51-48-45-42-39-37-34-32-30-28-26-23-20-17-14-11-8-5-2/h57-59,63-77,81-89H,4-56H2,1-3H3,(H,90,91). The summed E-state index contributed by atoms with van der Waals surface area (Å²) in [5.74, 6) is -1.97. The van der Waals surface area contributed by atoms with E-state index in [4.69, 9.17) is 42.2 Å². The number of phosphoric ester groups is 1. The second-order valence-corrected chi connectivity index (χ2v) is 30.6. The van der Waals surface area contributed by atoms with Crippen molar-refractivity contribution < 1.29 is 117 Å². The molecule has 2 aliphatic heterocycles. The molecule has 0 bridgehead atoms. The molecule has 0 aromatic carbocycles. The summed E-state index contributed by atoms with van der Waals surface area (Å²) in [5, 5.41) is 110. The Morgan fingerprint density at radius 1 is 0.347 bits per heavy atom. The summed E-state index contributed by atoms with van der Waals surface area (Å²) in [6, 6.07) is 0. The molecule has 3 aliphatic rings. The van der Waals surface area contributed by atoms with Gasteiger partial charge in [0.1, 0.15) is 98.7 Å². The van der Waals surface area contributed by atoms with Crippen LogP contribution in [0.25, 0.3) is 0 Å². The summed E-state index contributed by atoms with van der Waals surface area (Å²) in [4.78, 5) is 51.1. The number of carbonyl (C=O) groups is 3.